The molecule has 2 aromatic rings. The van der Waals surface area contributed by atoms with Crippen LogP contribution in [0.15, 0.2) is 42.6 Å². The van der Waals surface area contributed by atoms with Crippen LogP contribution < -0.4 is 4.74 Å². The van der Waals surface area contributed by atoms with Crippen molar-refractivity contribution in [2.75, 3.05) is 13.2 Å². The molecule has 2 fully saturated rings. The topological polar surface area (TPSA) is 60.9 Å². The van der Waals surface area contributed by atoms with Gasteiger partial charge >= 0.3 is 12.3 Å². The van der Waals surface area contributed by atoms with Crippen molar-refractivity contribution in [1.82, 2.24) is 9.88 Å². The Morgan fingerprint density at radius 1 is 1.19 bits per heavy atom. The second-order valence-corrected chi connectivity index (χ2v) is 11.2. The van der Waals surface area contributed by atoms with Crippen molar-refractivity contribution >= 4 is 6.09 Å². The number of halogens is 3. The third kappa shape index (κ3) is 6.03. The number of hydrogen-bond acceptors (Lipinski definition) is 5. The molecule has 9 heteroatoms. The lowest BCUT2D eigenvalue weighted by Crippen LogP contribution is -2.53. The van der Waals surface area contributed by atoms with Gasteiger partial charge in [-0.3, -0.25) is 4.90 Å². The fourth-order valence-electron chi connectivity index (χ4n) is 5.34. The van der Waals surface area contributed by atoms with Gasteiger partial charge < -0.3 is 14.2 Å². The van der Waals surface area contributed by atoms with Gasteiger partial charge in [-0.15, -0.1) is 0 Å². The first-order chi connectivity index (χ1) is 17.3. The van der Waals surface area contributed by atoms with Crippen LogP contribution >= 0.6 is 0 Å². The summed E-state index contributed by atoms with van der Waals surface area (Å²) < 4.78 is 58.8. The van der Waals surface area contributed by atoms with Gasteiger partial charge in [-0.25, -0.2) is 9.78 Å². The van der Waals surface area contributed by atoms with Crippen LogP contribution in [0.5, 0.6) is 5.88 Å². The van der Waals surface area contributed by atoms with Gasteiger partial charge in [0.15, 0.2) is 0 Å². The molecule has 2 aliphatic heterocycles. The van der Waals surface area contributed by atoms with Crippen molar-refractivity contribution in [1.29, 1.82) is 0 Å². The molecule has 0 unspecified atom stereocenters. The van der Waals surface area contributed by atoms with Gasteiger partial charge in [0.05, 0.1) is 29.9 Å². The lowest BCUT2D eigenvalue weighted by atomic mass is 9.76. The summed E-state index contributed by atoms with van der Waals surface area (Å²) in [5, 5.41) is 0. The van der Waals surface area contributed by atoms with Gasteiger partial charge in [-0.2, -0.15) is 13.2 Å². The van der Waals surface area contributed by atoms with Crippen LogP contribution in [0.25, 0.3) is 0 Å². The second-order valence-electron chi connectivity index (χ2n) is 11.2. The Kier molecular flexibility index (Phi) is 7.48. The predicted molar refractivity (Wildman–Crippen MR) is 132 cm³/mol. The lowest BCUT2D eigenvalue weighted by Gasteiger charge is -2.47. The van der Waals surface area contributed by atoms with Crippen LogP contribution in [-0.4, -0.2) is 46.4 Å². The number of carbonyl (C=O) groups excluding carboxylic acids is 1. The predicted octanol–water partition coefficient (Wildman–Crippen LogP) is 6.90. The number of alkyl halides is 3. The molecule has 3 atom stereocenters. The lowest BCUT2D eigenvalue weighted by molar-refractivity contribution is -0.137. The molecule has 0 bridgehead atoms. The monoisotopic (exact) mass is 520 g/mol. The number of likely N-dealkylation sites (tertiary alicyclic amines) is 1. The Morgan fingerprint density at radius 3 is 2.51 bits per heavy atom. The van der Waals surface area contributed by atoms with Crippen molar-refractivity contribution in [3.63, 3.8) is 0 Å². The number of pyridine rings is 1. The molecule has 1 aromatic carbocycles. The molecule has 2 saturated heterocycles. The Bertz CT molecular complexity index is 1100. The number of amides is 1. The molecule has 0 saturated carbocycles. The van der Waals surface area contributed by atoms with Crippen LogP contribution in [-0.2, 0) is 15.7 Å². The van der Waals surface area contributed by atoms with Crippen LogP contribution in [0.2, 0.25) is 0 Å². The van der Waals surface area contributed by atoms with E-state index in [1.165, 1.54) is 0 Å². The summed E-state index contributed by atoms with van der Waals surface area (Å²) in [5.41, 5.74) is -1.01. The molecular weight excluding hydrogens is 485 g/mol. The van der Waals surface area contributed by atoms with Gasteiger partial charge in [0, 0.05) is 24.2 Å². The van der Waals surface area contributed by atoms with Crippen LogP contribution in [0.4, 0.5) is 18.0 Å². The van der Waals surface area contributed by atoms with Gasteiger partial charge in [0.25, 0.3) is 0 Å². The average molecular weight is 521 g/mol. The Morgan fingerprint density at radius 2 is 1.89 bits per heavy atom. The highest BCUT2D eigenvalue weighted by Crippen LogP contribution is 2.52. The van der Waals surface area contributed by atoms with E-state index in [1.807, 2.05) is 51.1 Å². The molecule has 6 nitrogen and oxygen atoms in total. The van der Waals surface area contributed by atoms with E-state index in [-0.39, 0.29) is 24.5 Å². The molecule has 3 heterocycles. The Hall–Kier alpha value is -2.81. The van der Waals surface area contributed by atoms with Crippen molar-refractivity contribution in [3.05, 3.63) is 59.3 Å². The van der Waals surface area contributed by atoms with Gasteiger partial charge in [0.1, 0.15) is 5.60 Å². The first-order valence-electron chi connectivity index (χ1n) is 12.7. The summed E-state index contributed by atoms with van der Waals surface area (Å²) >= 11 is 0. The summed E-state index contributed by atoms with van der Waals surface area (Å²) in [5.74, 6) is -0.196. The minimum Gasteiger partial charge on any atom is -0.475 e. The van der Waals surface area contributed by atoms with Crippen LogP contribution in [0.3, 0.4) is 0 Å². The van der Waals surface area contributed by atoms with E-state index >= 15 is 0 Å². The maximum Gasteiger partial charge on any atom is 0.417 e. The summed E-state index contributed by atoms with van der Waals surface area (Å²) in [6, 6.07) is 10.3. The normalized spacial score (nSPS) is 24.5. The Balaban J connectivity index is 1.73. The number of ether oxygens (including phenoxy) is 3. The number of carbonyl (C=O) groups is 1. The third-order valence-electron chi connectivity index (χ3n) is 6.71. The number of piperidine rings is 1. The second kappa shape index (κ2) is 10.2. The van der Waals surface area contributed by atoms with Crippen molar-refractivity contribution in [2.45, 2.75) is 89.3 Å². The highest BCUT2D eigenvalue weighted by molar-refractivity contribution is 5.69. The maximum atomic E-state index is 13.6. The highest BCUT2D eigenvalue weighted by Gasteiger charge is 2.54. The zero-order valence-corrected chi connectivity index (χ0v) is 22.0. The average Bonchev–Trinajstić information content (AvgIpc) is 3.21. The highest BCUT2D eigenvalue weighted by atomic mass is 19.4. The van der Waals surface area contributed by atoms with E-state index in [2.05, 4.69) is 4.98 Å². The smallest absolute Gasteiger partial charge is 0.417 e. The first kappa shape index (κ1) is 27.2. The molecular formula is C28H35F3N2O4. The molecule has 0 N–H and O–H groups in total. The van der Waals surface area contributed by atoms with Crippen LogP contribution in [0, 0.1) is 0 Å². The van der Waals surface area contributed by atoms with E-state index in [4.69, 9.17) is 14.2 Å². The zero-order chi connectivity index (χ0) is 27.0. The fraction of sp³-hybridized carbons (Fsp3) is 0.571. The van der Waals surface area contributed by atoms with Gasteiger partial charge in [-0.1, -0.05) is 30.3 Å². The minimum absolute atomic E-state index is 0.185. The molecule has 37 heavy (non-hydrogen) atoms. The van der Waals surface area contributed by atoms with Crippen molar-refractivity contribution in [2.24, 2.45) is 0 Å². The SMILES string of the molecule is CC(C)Oc1ncc(C(F)(F)F)cc1[C@@H]1CO[C@]2(CCCN(C(=O)OC(C)(C)C)[C@H]2c2ccccc2)C1. The van der Waals surface area contributed by atoms with Crippen molar-refractivity contribution < 1.29 is 32.2 Å². The molecule has 1 amide bonds. The van der Waals surface area contributed by atoms with E-state index in [0.717, 1.165) is 17.8 Å². The minimum atomic E-state index is -4.53. The van der Waals surface area contributed by atoms with E-state index in [1.54, 1.807) is 18.7 Å². The summed E-state index contributed by atoms with van der Waals surface area (Å²) in [6.45, 7) is 9.77. The zero-order valence-electron chi connectivity index (χ0n) is 22.0. The standard InChI is InChI=1S/C28H35F3N2O4/c1-18(2)36-24-22(14-21(16-32-24)28(29,30)31)20-15-27(35-17-20)12-9-13-33(25(34)37-26(3,4)5)23(27)19-10-7-6-8-11-19/h6-8,10-11,14,16,18,20,23H,9,12-13,15,17H2,1-5H3/t20-,23-,27+/m0/s1. The number of aromatic nitrogens is 1. The summed E-state index contributed by atoms with van der Waals surface area (Å²) in [7, 11) is 0. The molecule has 4 rings (SSSR count). The number of rotatable bonds is 4. The van der Waals surface area contributed by atoms with Crippen molar-refractivity contribution in [3.8, 4) is 5.88 Å². The molecule has 0 aliphatic carbocycles. The fourth-order valence-corrected chi connectivity index (χ4v) is 5.34. The number of hydrogen-bond donors (Lipinski definition) is 0. The Labute approximate surface area is 216 Å². The van der Waals surface area contributed by atoms with Gasteiger partial charge in [0.2, 0.25) is 5.88 Å². The molecule has 202 valence electrons. The quantitative estimate of drug-likeness (QED) is 0.439. The molecule has 1 aromatic heterocycles. The third-order valence-corrected chi connectivity index (χ3v) is 6.71. The van der Waals surface area contributed by atoms with Crippen LogP contribution in [0.1, 0.15) is 82.5 Å². The first-order valence-corrected chi connectivity index (χ1v) is 12.7. The molecule has 1 spiro atoms. The maximum absolute atomic E-state index is 13.6. The van der Waals surface area contributed by atoms with E-state index < -0.39 is 35.1 Å². The van der Waals surface area contributed by atoms with Gasteiger partial charge in [-0.05, 0) is 65.5 Å². The molecule has 2 aliphatic rings. The number of benzene rings is 1. The summed E-state index contributed by atoms with van der Waals surface area (Å²) in [4.78, 5) is 19.1. The van der Waals surface area contributed by atoms with E-state index in [9.17, 15) is 18.0 Å². The summed E-state index contributed by atoms with van der Waals surface area (Å²) in [6.07, 6.45) is -2.64. The number of nitrogens with zero attached hydrogens (tertiary/aromatic N) is 2. The molecule has 0 radical (unpaired) electrons. The van der Waals surface area contributed by atoms with E-state index in [0.29, 0.717) is 31.4 Å². The largest absolute Gasteiger partial charge is 0.475 e.